The molecule has 0 aliphatic heterocycles. The molecule has 0 unspecified atom stereocenters. The summed E-state index contributed by atoms with van der Waals surface area (Å²) in [6.07, 6.45) is 10.5. The third-order valence-corrected chi connectivity index (χ3v) is 2.96. The van der Waals surface area contributed by atoms with Crippen LogP contribution in [-0.4, -0.2) is 5.78 Å². The predicted molar refractivity (Wildman–Crippen MR) is 51.9 cm³/mol. The van der Waals surface area contributed by atoms with Gasteiger partial charge in [0.05, 0.1) is 11.8 Å². The minimum atomic E-state index is 0.121. The quantitative estimate of drug-likeness (QED) is 0.525. The van der Waals surface area contributed by atoms with E-state index >= 15 is 0 Å². The van der Waals surface area contributed by atoms with Crippen LogP contribution >= 0.6 is 0 Å². The van der Waals surface area contributed by atoms with Crippen molar-refractivity contribution in [1.82, 2.24) is 0 Å². The van der Waals surface area contributed by atoms with Gasteiger partial charge in [-0.2, -0.15) is 0 Å². The third-order valence-electron chi connectivity index (χ3n) is 2.96. The van der Waals surface area contributed by atoms with Crippen molar-refractivity contribution in [3.63, 3.8) is 0 Å². The van der Waals surface area contributed by atoms with Gasteiger partial charge in [-0.3, -0.25) is 4.79 Å². The molecule has 0 amide bonds. The minimum absolute atomic E-state index is 0.121. The molecule has 14 heavy (non-hydrogen) atoms. The van der Waals surface area contributed by atoms with Crippen molar-refractivity contribution in [2.24, 2.45) is 11.8 Å². The summed E-state index contributed by atoms with van der Waals surface area (Å²) in [7, 11) is 0. The average molecular weight is 186 g/mol. The third kappa shape index (κ3) is 1.00. The number of furan rings is 1. The summed E-state index contributed by atoms with van der Waals surface area (Å²) in [5.74, 6) is 0.962. The van der Waals surface area contributed by atoms with Crippen molar-refractivity contribution in [3.05, 3.63) is 48.0 Å². The monoisotopic (exact) mass is 186 g/mol. The number of carbonyl (C=O) groups is 1. The molecule has 1 aromatic rings. The molecule has 0 spiro atoms. The second kappa shape index (κ2) is 2.71. The molecular formula is C12H10O2. The SMILES string of the molecule is O=C(C1=C[C@@H]2C=C[C@H]1C2)c1ccoc1. The molecule has 0 saturated carbocycles. The van der Waals surface area contributed by atoms with E-state index in [4.69, 9.17) is 4.42 Å². The summed E-state index contributed by atoms with van der Waals surface area (Å²) >= 11 is 0. The van der Waals surface area contributed by atoms with Gasteiger partial charge in [0.15, 0.2) is 5.78 Å². The van der Waals surface area contributed by atoms with E-state index in [2.05, 4.69) is 18.2 Å². The van der Waals surface area contributed by atoms with Gasteiger partial charge in [0.25, 0.3) is 0 Å². The van der Waals surface area contributed by atoms with Crippen LogP contribution in [0.5, 0.6) is 0 Å². The molecule has 0 N–H and O–H groups in total. The van der Waals surface area contributed by atoms with Crippen LogP contribution in [0.3, 0.4) is 0 Å². The molecule has 2 aliphatic rings. The van der Waals surface area contributed by atoms with Gasteiger partial charge in [-0.25, -0.2) is 0 Å². The zero-order chi connectivity index (χ0) is 9.54. The summed E-state index contributed by atoms with van der Waals surface area (Å²) < 4.78 is 4.91. The lowest BCUT2D eigenvalue weighted by atomic mass is 9.96. The molecule has 1 heterocycles. The van der Waals surface area contributed by atoms with Gasteiger partial charge in [0.1, 0.15) is 6.26 Å². The van der Waals surface area contributed by atoms with Crippen LogP contribution in [0.4, 0.5) is 0 Å². The number of hydrogen-bond donors (Lipinski definition) is 0. The van der Waals surface area contributed by atoms with Crippen molar-refractivity contribution < 1.29 is 9.21 Å². The molecule has 2 aliphatic carbocycles. The fraction of sp³-hybridized carbons (Fsp3) is 0.250. The summed E-state index contributed by atoms with van der Waals surface area (Å²) in [4.78, 5) is 11.9. The number of hydrogen-bond acceptors (Lipinski definition) is 2. The van der Waals surface area contributed by atoms with Crippen molar-refractivity contribution in [3.8, 4) is 0 Å². The molecule has 2 bridgehead atoms. The van der Waals surface area contributed by atoms with Crippen LogP contribution in [0.25, 0.3) is 0 Å². The summed E-state index contributed by atoms with van der Waals surface area (Å²) in [6.45, 7) is 0. The Morgan fingerprint density at radius 1 is 1.43 bits per heavy atom. The van der Waals surface area contributed by atoms with E-state index in [0.29, 0.717) is 17.4 Å². The maximum absolute atomic E-state index is 11.9. The lowest BCUT2D eigenvalue weighted by molar-refractivity contribution is 0.102. The standard InChI is InChI=1S/C12H10O2/c13-12(10-3-4-14-7-10)11-6-8-1-2-9(11)5-8/h1-4,6-9H,5H2/t8-,9+/m1/s1. The van der Waals surface area contributed by atoms with Gasteiger partial charge in [0.2, 0.25) is 0 Å². The number of rotatable bonds is 2. The smallest absolute Gasteiger partial charge is 0.192 e. The second-order valence-electron chi connectivity index (χ2n) is 3.85. The van der Waals surface area contributed by atoms with E-state index in [1.807, 2.05) is 0 Å². The van der Waals surface area contributed by atoms with E-state index in [1.54, 1.807) is 6.07 Å². The van der Waals surface area contributed by atoms with Crippen molar-refractivity contribution in [2.75, 3.05) is 0 Å². The van der Waals surface area contributed by atoms with Crippen LogP contribution in [0.1, 0.15) is 16.8 Å². The van der Waals surface area contributed by atoms with Gasteiger partial charge in [-0.1, -0.05) is 18.2 Å². The molecule has 0 saturated heterocycles. The Bertz CT molecular complexity index is 423. The topological polar surface area (TPSA) is 30.2 Å². The number of Topliss-reactive ketones (excluding diaryl/α,β-unsaturated/α-hetero) is 1. The lowest BCUT2D eigenvalue weighted by Crippen LogP contribution is -2.07. The fourth-order valence-electron chi connectivity index (χ4n) is 2.24. The molecule has 0 radical (unpaired) electrons. The minimum Gasteiger partial charge on any atom is -0.472 e. The van der Waals surface area contributed by atoms with E-state index in [0.717, 1.165) is 12.0 Å². The molecular weight excluding hydrogens is 176 g/mol. The number of fused-ring (bicyclic) bond motifs is 2. The molecule has 3 rings (SSSR count). The second-order valence-corrected chi connectivity index (χ2v) is 3.85. The number of ketones is 1. The molecule has 2 nitrogen and oxygen atoms in total. The Balaban J connectivity index is 1.92. The first-order chi connectivity index (χ1) is 6.84. The lowest BCUT2D eigenvalue weighted by Gasteiger charge is -2.06. The van der Waals surface area contributed by atoms with Gasteiger partial charge < -0.3 is 4.42 Å². The molecule has 2 heteroatoms. The van der Waals surface area contributed by atoms with E-state index in [9.17, 15) is 4.79 Å². The zero-order valence-corrected chi connectivity index (χ0v) is 7.64. The highest BCUT2D eigenvalue weighted by molar-refractivity contribution is 6.09. The summed E-state index contributed by atoms with van der Waals surface area (Å²) in [5.41, 5.74) is 1.61. The zero-order valence-electron chi connectivity index (χ0n) is 7.64. The first-order valence-electron chi connectivity index (χ1n) is 4.81. The molecule has 2 atom stereocenters. The van der Waals surface area contributed by atoms with E-state index in [1.165, 1.54) is 12.5 Å². The van der Waals surface area contributed by atoms with Gasteiger partial charge in [-0.05, 0) is 18.4 Å². The fourth-order valence-corrected chi connectivity index (χ4v) is 2.24. The largest absolute Gasteiger partial charge is 0.472 e. The van der Waals surface area contributed by atoms with Gasteiger partial charge in [0, 0.05) is 11.5 Å². The van der Waals surface area contributed by atoms with Crippen LogP contribution in [0.15, 0.2) is 46.8 Å². The maximum Gasteiger partial charge on any atom is 0.192 e. The van der Waals surface area contributed by atoms with Crippen molar-refractivity contribution in [1.29, 1.82) is 0 Å². The van der Waals surface area contributed by atoms with Gasteiger partial charge >= 0.3 is 0 Å². The first kappa shape index (κ1) is 7.80. The summed E-state index contributed by atoms with van der Waals surface area (Å²) in [6, 6.07) is 1.72. The summed E-state index contributed by atoms with van der Waals surface area (Å²) in [5, 5.41) is 0. The van der Waals surface area contributed by atoms with Crippen LogP contribution in [0.2, 0.25) is 0 Å². The first-order valence-corrected chi connectivity index (χ1v) is 4.81. The van der Waals surface area contributed by atoms with E-state index < -0.39 is 0 Å². The number of allylic oxidation sites excluding steroid dienone is 4. The Morgan fingerprint density at radius 2 is 2.36 bits per heavy atom. The average Bonchev–Trinajstić information content (AvgIpc) is 2.93. The number of carbonyl (C=O) groups excluding carboxylic acids is 1. The Labute approximate surface area is 81.9 Å². The highest BCUT2D eigenvalue weighted by Gasteiger charge is 2.32. The van der Waals surface area contributed by atoms with Gasteiger partial charge in [-0.15, -0.1) is 0 Å². The Kier molecular flexibility index (Phi) is 1.51. The highest BCUT2D eigenvalue weighted by atomic mass is 16.3. The van der Waals surface area contributed by atoms with Crippen LogP contribution in [-0.2, 0) is 0 Å². The van der Waals surface area contributed by atoms with Crippen molar-refractivity contribution >= 4 is 5.78 Å². The van der Waals surface area contributed by atoms with Crippen LogP contribution in [0, 0.1) is 11.8 Å². The predicted octanol–water partition coefficient (Wildman–Crippen LogP) is 2.59. The molecule has 0 aromatic carbocycles. The Morgan fingerprint density at radius 3 is 2.93 bits per heavy atom. The molecule has 70 valence electrons. The maximum atomic E-state index is 11.9. The Hall–Kier alpha value is -1.57. The molecule has 0 fully saturated rings. The normalized spacial score (nSPS) is 28.1. The molecule has 1 aromatic heterocycles. The highest BCUT2D eigenvalue weighted by Crippen LogP contribution is 2.39. The van der Waals surface area contributed by atoms with Crippen molar-refractivity contribution in [2.45, 2.75) is 6.42 Å². The van der Waals surface area contributed by atoms with Crippen LogP contribution < -0.4 is 0 Å². The van der Waals surface area contributed by atoms with E-state index in [-0.39, 0.29) is 5.78 Å².